The van der Waals surface area contributed by atoms with Crippen molar-refractivity contribution in [3.05, 3.63) is 70.0 Å². The predicted molar refractivity (Wildman–Crippen MR) is 123 cm³/mol. The smallest absolute Gasteiger partial charge is 0.271 e. The molecule has 0 aliphatic carbocycles. The molecule has 2 aromatic carbocycles. The van der Waals surface area contributed by atoms with Crippen molar-refractivity contribution in [3.8, 4) is 17.2 Å². The molecule has 8 heteroatoms. The van der Waals surface area contributed by atoms with E-state index in [1.807, 2.05) is 32.0 Å². The zero-order chi connectivity index (χ0) is 22.5. The van der Waals surface area contributed by atoms with Crippen LogP contribution in [-0.2, 0) is 4.79 Å². The van der Waals surface area contributed by atoms with Gasteiger partial charge in [-0.05, 0) is 50.1 Å². The molecule has 0 saturated heterocycles. The van der Waals surface area contributed by atoms with E-state index in [2.05, 4.69) is 10.4 Å². The molecule has 1 heterocycles. The molecule has 0 radical (unpaired) electrons. The largest absolute Gasteiger partial charge is 0.497 e. The first-order chi connectivity index (χ1) is 14.8. The number of nitrogens with one attached hydrogen (secondary N) is 1. The number of benzene rings is 2. The summed E-state index contributed by atoms with van der Waals surface area (Å²) in [4.78, 5) is 25.0. The number of carbonyl (C=O) groups is 1. The lowest BCUT2D eigenvalue weighted by atomic mass is 10.1. The summed E-state index contributed by atoms with van der Waals surface area (Å²) in [6.07, 6.45) is 0. The maximum absolute atomic E-state index is 12.7. The molecule has 1 atom stereocenters. The molecule has 1 unspecified atom stereocenters. The molecular formula is C23H25N3O4S. The van der Waals surface area contributed by atoms with E-state index in [1.165, 1.54) is 22.5 Å². The van der Waals surface area contributed by atoms with Gasteiger partial charge in [0.15, 0.2) is 0 Å². The highest BCUT2D eigenvalue weighted by atomic mass is 32.2. The summed E-state index contributed by atoms with van der Waals surface area (Å²) in [7, 11) is 3.10. The van der Waals surface area contributed by atoms with Crippen LogP contribution in [0, 0.1) is 13.8 Å². The maximum Gasteiger partial charge on any atom is 0.271 e. The van der Waals surface area contributed by atoms with Gasteiger partial charge in [-0.15, -0.1) is 0 Å². The van der Waals surface area contributed by atoms with Gasteiger partial charge in [0.05, 0.1) is 25.2 Å². The van der Waals surface area contributed by atoms with Crippen LogP contribution in [0.2, 0.25) is 0 Å². The van der Waals surface area contributed by atoms with Crippen molar-refractivity contribution in [1.82, 2.24) is 9.78 Å². The van der Waals surface area contributed by atoms with E-state index in [1.54, 1.807) is 45.4 Å². The molecule has 3 aromatic rings. The summed E-state index contributed by atoms with van der Waals surface area (Å²) in [6.45, 7) is 5.78. The maximum atomic E-state index is 12.7. The Morgan fingerprint density at radius 1 is 1.00 bits per heavy atom. The number of nitrogens with zero attached hydrogens (tertiary/aromatic N) is 2. The van der Waals surface area contributed by atoms with Crippen molar-refractivity contribution in [2.45, 2.75) is 31.0 Å². The van der Waals surface area contributed by atoms with E-state index in [-0.39, 0.29) is 11.5 Å². The van der Waals surface area contributed by atoms with Crippen LogP contribution in [0.15, 0.2) is 58.4 Å². The number of aryl methyl sites for hydroxylation is 2. The van der Waals surface area contributed by atoms with Crippen LogP contribution in [0.4, 0.5) is 5.69 Å². The molecule has 0 fully saturated rings. The molecule has 31 heavy (non-hydrogen) atoms. The number of hydrogen-bond donors (Lipinski definition) is 1. The van der Waals surface area contributed by atoms with Gasteiger partial charge >= 0.3 is 0 Å². The van der Waals surface area contributed by atoms with Crippen LogP contribution in [0.5, 0.6) is 11.5 Å². The fourth-order valence-corrected chi connectivity index (χ4v) is 3.66. The van der Waals surface area contributed by atoms with Crippen molar-refractivity contribution in [2.75, 3.05) is 19.5 Å². The summed E-state index contributed by atoms with van der Waals surface area (Å²) in [5.74, 6) is 0.959. The predicted octanol–water partition coefficient (Wildman–Crippen LogP) is 3.99. The molecule has 0 aliphatic rings. The summed E-state index contributed by atoms with van der Waals surface area (Å²) in [6, 6.07) is 14.0. The number of anilines is 1. The van der Waals surface area contributed by atoms with Crippen molar-refractivity contribution < 1.29 is 14.3 Å². The fraction of sp³-hybridized carbons (Fsp3) is 0.261. The molecule has 0 bridgehead atoms. The molecule has 3 rings (SSSR count). The third kappa shape index (κ3) is 5.46. The Hall–Kier alpha value is -3.26. The lowest BCUT2D eigenvalue weighted by molar-refractivity contribution is -0.115. The summed E-state index contributed by atoms with van der Waals surface area (Å²) in [5.41, 5.74) is 3.25. The van der Waals surface area contributed by atoms with Crippen LogP contribution in [-0.4, -0.2) is 35.2 Å². The Morgan fingerprint density at radius 2 is 1.68 bits per heavy atom. The second kappa shape index (κ2) is 9.70. The molecule has 0 aliphatic heterocycles. The van der Waals surface area contributed by atoms with Crippen LogP contribution in [0.25, 0.3) is 5.69 Å². The van der Waals surface area contributed by atoms with E-state index in [0.717, 1.165) is 11.1 Å². The first-order valence-electron chi connectivity index (χ1n) is 9.69. The van der Waals surface area contributed by atoms with Crippen molar-refractivity contribution in [3.63, 3.8) is 0 Å². The van der Waals surface area contributed by atoms with Gasteiger partial charge in [0, 0.05) is 30.0 Å². The first-order valence-corrected chi connectivity index (χ1v) is 10.6. The molecule has 1 amide bonds. The highest BCUT2D eigenvalue weighted by Gasteiger charge is 2.17. The van der Waals surface area contributed by atoms with Gasteiger partial charge in [0.2, 0.25) is 5.91 Å². The number of amides is 1. The lowest BCUT2D eigenvalue weighted by Gasteiger charge is -2.14. The quantitative estimate of drug-likeness (QED) is 0.561. The van der Waals surface area contributed by atoms with E-state index in [4.69, 9.17) is 9.47 Å². The third-order valence-corrected chi connectivity index (χ3v) is 5.82. The average Bonchev–Trinajstić information content (AvgIpc) is 2.76. The SMILES string of the molecule is COc1cc(NC(=O)C(C)Sc2ccc(=O)n(-c3ccc(C)c(C)c3)n2)cc(OC)c1. The lowest BCUT2D eigenvalue weighted by Crippen LogP contribution is -2.24. The van der Waals surface area contributed by atoms with Gasteiger partial charge in [-0.1, -0.05) is 17.8 Å². The van der Waals surface area contributed by atoms with Crippen LogP contribution >= 0.6 is 11.8 Å². The fourth-order valence-electron chi connectivity index (χ4n) is 2.86. The normalized spacial score (nSPS) is 11.6. The second-order valence-corrected chi connectivity index (χ2v) is 8.40. The Labute approximate surface area is 185 Å². The summed E-state index contributed by atoms with van der Waals surface area (Å²) in [5, 5.41) is 7.44. The molecule has 0 spiro atoms. The highest BCUT2D eigenvalue weighted by molar-refractivity contribution is 8.00. The average molecular weight is 440 g/mol. The van der Waals surface area contributed by atoms with Gasteiger partial charge in [0.25, 0.3) is 5.56 Å². The molecule has 1 aromatic heterocycles. The standard InChI is InChI=1S/C23H25N3O4S/c1-14-6-7-18(10-15(14)2)26-22(27)9-8-21(25-26)31-16(3)23(28)24-17-11-19(29-4)13-20(12-17)30-5/h6-13,16H,1-5H3,(H,24,28). The minimum absolute atomic E-state index is 0.203. The number of hydrogen-bond acceptors (Lipinski definition) is 6. The number of carbonyl (C=O) groups excluding carboxylic acids is 1. The zero-order valence-electron chi connectivity index (χ0n) is 18.1. The van der Waals surface area contributed by atoms with E-state index < -0.39 is 5.25 Å². The Morgan fingerprint density at radius 3 is 2.29 bits per heavy atom. The first kappa shape index (κ1) is 22.4. The minimum atomic E-state index is -0.449. The number of methoxy groups -OCH3 is 2. The van der Waals surface area contributed by atoms with Crippen LogP contribution in [0.1, 0.15) is 18.1 Å². The number of rotatable bonds is 7. The highest BCUT2D eigenvalue weighted by Crippen LogP contribution is 2.27. The van der Waals surface area contributed by atoms with Gasteiger partial charge in [-0.2, -0.15) is 9.78 Å². The topological polar surface area (TPSA) is 82.5 Å². The van der Waals surface area contributed by atoms with Gasteiger partial charge in [-0.3, -0.25) is 9.59 Å². The number of ether oxygens (including phenoxy) is 2. The Bertz CT molecular complexity index is 1140. The molecular weight excluding hydrogens is 414 g/mol. The number of thioether (sulfide) groups is 1. The van der Waals surface area contributed by atoms with E-state index >= 15 is 0 Å². The second-order valence-electron chi connectivity index (χ2n) is 7.04. The zero-order valence-corrected chi connectivity index (χ0v) is 18.9. The van der Waals surface area contributed by atoms with Gasteiger partial charge in [0.1, 0.15) is 16.5 Å². The van der Waals surface area contributed by atoms with E-state index in [0.29, 0.717) is 27.9 Å². The van der Waals surface area contributed by atoms with Gasteiger partial charge < -0.3 is 14.8 Å². The Balaban J connectivity index is 1.77. The van der Waals surface area contributed by atoms with Crippen molar-refractivity contribution >= 4 is 23.4 Å². The van der Waals surface area contributed by atoms with Crippen LogP contribution < -0.4 is 20.3 Å². The third-order valence-electron chi connectivity index (χ3n) is 4.80. The van der Waals surface area contributed by atoms with Crippen LogP contribution in [0.3, 0.4) is 0 Å². The van der Waals surface area contributed by atoms with Gasteiger partial charge in [-0.25, -0.2) is 0 Å². The van der Waals surface area contributed by atoms with E-state index in [9.17, 15) is 9.59 Å². The monoisotopic (exact) mass is 439 g/mol. The molecule has 7 nitrogen and oxygen atoms in total. The summed E-state index contributed by atoms with van der Waals surface area (Å²) < 4.78 is 11.8. The van der Waals surface area contributed by atoms with Crippen molar-refractivity contribution in [1.29, 1.82) is 0 Å². The molecule has 1 N–H and O–H groups in total. The number of aromatic nitrogens is 2. The molecule has 0 saturated carbocycles. The minimum Gasteiger partial charge on any atom is -0.497 e. The van der Waals surface area contributed by atoms with Crippen molar-refractivity contribution in [2.24, 2.45) is 0 Å². The summed E-state index contributed by atoms with van der Waals surface area (Å²) >= 11 is 1.27. The Kier molecular flexibility index (Phi) is 7.02. The molecule has 162 valence electrons.